The minimum atomic E-state index is -4.55. The smallest absolute Gasteiger partial charge is 0.416 e. The Labute approximate surface area is 214 Å². The van der Waals surface area contributed by atoms with Gasteiger partial charge in [0.05, 0.1) is 16.8 Å². The molecule has 0 spiro atoms. The highest BCUT2D eigenvalue weighted by atomic mass is 35.5. The maximum atomic E-state index is 13.6. The molecule has 0 saturated carbocycles. The van der Waals surface area contributed by atoms with Crippen LogP contribution in [0.4, 0.5) is 18.9 Å². The van der Waals surface area contributed by atoms with Crippen LogP contribution in [-0.4, -0.2) is 15.3 Å². The van der Waals surface area contributed by atoms with Crippen LogP contribution in [0, 0.1) is 0 Å². The van der Waals surface area contributed by atoms with E-state index in [1.807, 2.05) is 19.1 Å². The van der Waals surface area contributed by atoms with E-state index in [9.17, 15) is 22.8 Å². The van der Waals surface area contributed by atoms with Crippen LogP contribution in [0.25, 0.3) is 5.69 Å². The van der Waals surface area contributed by atoms with Gasteiger partial charge in [-0.3, -0.25) is 9.59 Å². The number of ether oxygens (including phenoxy) is 1. The lowest BCUT2D eigenvalue weighted by molar-refractivity contribution is -0.137. The van der Waals surface area contributed by atoms with Gasteiger partial charge in [0.15, 0.2) is 0 Å². The summed E-state index contributed by atoms with van der Waals surface area (Å²) in [6, 6.07) is 16.7. The molecule has 0 fully saturated rings. The molecule has 190 valence electrons. The molecular formula is C27H21ClF3N3O3. The molecule has 1 aliphatic heterocycles. The van der Waals surface area contributed by atoms with E-state index in [0.29, 0.717) is 22.0 Å². The zero-order chi connectivity index (χ0) is 26.3. The zero-order valence-electron chi connectivity index (χ0n) is 19.6. The Morgan fingerprint density at radius 2 is 1.84 bits per heavy atom. The Hall–Kier alpha value is -3.98. The summed E-state index contributed by atoms with van der Waals surface area (Å²) in [5.41, 5.74) is 1.42. The first-order chi connectivity index (χ1) is 17.6. The van der Waals surface area contributed by atoms with Crippen molar-refractivity contribution < 1.29 is 22.7 Å². The van der Waals surface area contributed by atoms with Crippen LogP contribution in [0.5, 0.6) is 11.6 Å². The van der Waals surface area contributed by atoms with Crippen LogP contribution in [0.1, 0.15) is 29.2 Å². The maximum Gasteiger partial charge on any atom is 0.416 e. The van der Waals surface area contributed by atoms with Gasteiger partial charge in [-0.2, -0.15) is 13.2 Å². The third kappa shape index (κ3) is 4.86. The Bertz CT molecular complexity index is 1560. The van der Waals surface area contributed by atoms with Crippen LogP contribution in [0.3, 0.4) is 0 Å². The van der Waals surface area contributed by atoms with Crippen molar-refractivity contribution in [2.24, 2.45) is 0 Å². The predicted octanol–water partition coefficient (Wildman–Crippen LogP) is 6.21. The number of amides is 1. The van der Waals surface area contributed by atoms with Crippen LogP contribution in [0.15, 0.2) is 71.5 Å². The Kier molecular flexibility index (Phi) is 6.33. The van der Waals surface area contributed by atoms with E-state index in [0.717, 1.165) is 29.7 Å². The summed E-state index contributed by atoms with van der Waals surface area (Å²) >= 11 is 6.12. The van der Waals surface area contributed by atoms with Crippen molar-refractivity contribution in [2.75, 3.05) is 5.32 Å². The first-order valence-corrected chi connectivity index (χ1v) is 11.9. The second kappa shape index (κ2) is 9.48. The number of rotatable bonds is 5. The van der Waals surface area contributed by atoms with E-state index in [4.69, 9.17) is 16.3 Å². The molecule has 1 aliphatic rings. The fourth-order valence-corrected chi connectivity index (χ4v) is 4.50. The van der Waals surface area contributed by atoms with Crippen LogP contribution in [-0.2, 0) is 30.4 Å². The number of aromatic nitrogens is 2. The molecule has 1 amide bonds. The Morgan fingerprint density at radius 3 is 2.54 bits per heavy atom. The molecule has 4 aromatic rings. The van der Waals surface area contributed by atoms with Crippen molar-refractivity contribution in [3.05, 3.63) is 104 Å². The third-order valence-electron chi connectivity index (χ3n) is 6.14. The Morgan fingerprint density at radius 1 is 1.08 bits per heavy atom. The number of hydrogen-bond donors (Lipinski definition) is 1. The lowest BCUT2D eigenvalue weighted by Gasteiger charge is -2.20. The third-order valence-corrected chi connectivity index (χ3v) is 6.37. The minimum absolute atomic E-state index is 0.0112. The van der Waals surface area contributed by atoms with Gasteiger partial charge in [0.1, 0.15) is 12.3 Å². The summed E-state index contributed by atoms with van der Waals surface area (Å²) in [7, 11) is 0. The summed E-state index contributed by atoms with van der Waals surface area (Å²) < 4.78 is 48.1. The Balaban J connectivity index is 1.54. The molecule has 0 saturated heterocycles. The van der Waals surface area contributed by atoms with Gasteiger partial charge in [0.25, 0.3) is 5.56 Å². The molecule has 0 bridgehead atoms. The van der Waals surface area contributed by atoms with Gasteiger partial charge in [-0.1, -0.05) is 36.7 Å². The van der Waals surface area contributed by atoms with Crippen molar-refractivity contribution in [2.45, 2.75) is 32.5 Å². The van der Waals surface area contributed by atoms with Gasteiger partial charge < -0.3 is 10.1 Å². The SMILES string of the molecule is CCc1ccc(-n2c(=O)c3c(n2CC(=O)Nc2cccc(C(F)(F)F)c2)Oc2ccc(Cl)cc2C3)cc1. The standard InChI is InChI=1S/C27H21ClF3N3O3/c1-2-16-6-9-21(10-7-16)34-25(36)22-13-17-12-19(28)8-11-23(17)37-26(22)33(34)15-24(35)32-20-5-3-4-18(14-20)27(29,30)31/h3-12,14H,2,13,15H2,1H3,(H,32,35). The van der Waals surface area contributed by atoms with Gasteiger partial charge in [-0.05, 0) is 60.5 Å². The summed E-state index contributed by atoms with van der Waals surface area (Å²) in [6.45, 7) is 1.64. The predicted molar refractivity (Wildman–Crippen MR) is 134 cm³/mol. The van der Waals surface area contributed by atoms with Gasteiger partial charge >= 0.3 is 6.18 Å². The van der Waals surface area contributed by atoms with Crippen molar-refractivity contribution in [1.29, 1.82) is 0 Å². The molecule has 6 nitrogen and oxygen atoms in total. The highest BCUT2D eigenvalue weighted by Crippen LogP contribution is 2.37. The van der Waals surface area contributed by atoms with Gasteiger partial charge in [-0.15, -0.1) is 0 Å². The summed E-state index contributed by atoms with van der Waals surface area (Å²) in [4.78, 5) is 26.6. The number of carbonyl (C=O) groups is 1. The van der Waals surface area contributed by atoms with E-state index < -0.39 is 17.6 Å². The fraction of sp³-hybridized carbons (Fsp3) is 0.185. The number of nitrogens with one attached hydrogen (secondary N) is 1. The lowest BCUT2D eigenvalue weighted by atomic mass is 10.0. The monoisotopic (exact) mass is 527 g/mol. The van der Waals surface area contributed by atoms with Crippen molar-refractivity contribution in [1.82, 2.24) is 9.36 Å². The molecule has 3 aromatic carbocycles. The van der Waals surface area contributed by atoms with Crippen LogP contribution >= 0.6 is 11.6 Å². The van der Waals surface area contributed by atoms with Gasteiger partial charge in [-0.25, -0.2) is 9.36 Å². The number of fused-ring (bicyclic) bond motifs is 2. The second-order valence-corrected chi connectivity index (χ2v) is 9.07. The van der Waals surface area contributed by atoms with E-state index in [2.05, 4.69) is 5.32 Å². The summed E-state index contributed by atoms with van der Waals surface area (Å²) in [6.07, 6.45) is -3.49. The number of nitrogens with zero attached hydrogens (tertiary/aromatic N) is 2. The molecule has 1 N–H and O–H groups in total. The van der Waals surface area contributed by atoms with Crippen molar-refractivity contribution in [3.63, 3.8) is 0 Å². The minimum Gasteiger partial charge on any atom is -0.439 e. The number of anilines is 1. The molecule has 0 unspecified atom stereocenters. The number of benzene rings is 3. The molecule has 0 atom stereocenters. The topological polar surface area (TPSA) is 65.3 Å². The van der Waals surface area contributed by atoms with E-state index in [1.54, 1.807) is 30.3 Å². The molecule has 0 radical (unpaired) electrons. The second-order valence-electron chi connectivity index (χ2n) is 8.64. The fourth-order valence-electron chi connectivity index (χ4n) is 4.30. The van der Waals surface area contributed by atoms with Gasteiger partial charge in [0, 0.05) is 22.7 Å². The number of carbonyl (C=O) groups excluding carboxylic acids is 1. The highest BCUT2D eigenvalue weighted by molar-refractivity contribution is 6.30. The van der Waals surface area contributed by atoms with Gasteiger partial charge in [0.2, 0.25) is 11.8 Å². The molecule has 10 heteroatoms. The summed E-state index contributed by atoms with van der Waals surface area (Å²) in [5.74, 6) is 0.0718. The number of aryl methyl sites for hydroxylation is 1. The molecule has 37 heavy (non-hydrogen) atoms. The average molecular weight is 528 g/mol. The number of halogens is 4. The van der Waals surface area contributed by atoms with Crippen LogP contribution in [0.2, 0.25) is 5.02 Å². The maximum absolute atomic E-state index is 13.6. The normalized spacial score (nSPS) is 12.5. The number of alkyl halides is 3. The average Bonchev–Trinajstić information content (AvgIpc) is 3.12. The first kappa shape index (κ1) is 24.7. The molecular weight excluding hydrogens is 507 g/mol. The quantitative estimate of drug-likeness (QED) is 0.295. The largest absolute Gasteiger partial charge is 0.439 e. The number of hydrogen-bond acceptors (Lipinski definition) is 3. The summed E-state index contributed by atoms with van der Waals surface area (Å²) in [5, 5.41) is 3.00. The van der Waals surface area contributed by atoms with E-state index >= 15 is 0 Å². The zero-order valence-corrected chi connectivity index (χ0v) is 20.4. The molecule has 1 aromatic heterocycles. The first-order valence-electron chi connectivity index (χ1n) is 11.5. The van der Waals surface area contributed by atoms with Crippen molar-refractivity contribution in [3.8, 4) is 17.3 Å². The molecule has 0 aliphatic carbocycles. The van der Waals surface area contributed by atoms with E-state index in [-0.39, 0.29) is 30.1 Å². The van der Waals surface area contributed by atoms with Crippen molar-refractivity contribution >= 4 is 23.2 Å². The molecule has 2 heterocycles. The van der Waals surface area contributed by atoms with Crippen LogP contribution < -0.4 is 15.6 Å². The highest BCUT2D eigenvalue weighted by Gasteiger charge is 2.31. The molecule has 5 rings (SSSR count). The van der Waals surface area contributed by atoms with E-state index in [1.165, 1.54) is 21.5 Å². The lowest BCUT2D eigenvalue weighted by Crippen LogP contribution is -2.27.